The Kier molecular flexibility index (Phi) is 4.07. The van der Waals surface area contributed by atoms with Crippen molar-refractivity contribution in [2.75, 3.05) is 0 Å². The second-order valence-electron chi connectivity index (χ2n) is 5.07. The van der Waals surface area contributed by atoms with Crippen LogP contribution in [0.5, 0.6) is 0 Å². The molecule has 3 rings (SSSR count). The van der Waals surface area contributed by atoms with Crippen molar-refractivity contribution in [3.05, 3.63) is 58.5 Å². The lowest BCUT2D eigenvalue weighted by molar-refractivity contribution is 0.523. The molecule has 114 valence electrons. The van der Waals surface area contributed by atoms with E-state index in [-0.39, 0.29) is 0 Å². The number of halogens is 1. The Morgan fingerprint density at radius 3 is 1.68 bits per heavy atom. The fourth-order valence-corrected chi connectivity index (χ4v) is 2.67. The Labute approximate surface area is 133 Å². The minimum Gasteiger partial charge on any atom is -0.460 e. The zero-order chi connectivity index (χ0) is 15.7. The van der Waals surface area contributed by atoms with E-state index >= 15 is 0 Å². The lowest BCUT2D eigenvalue weighted by Crippen LogP contribution is -1.93. The largest absolute Gasteiger partial charge is 0.460 e. The summed E-state index contributed by atoms with van der Waals surface area (Å²) in [5.41, 5.74) is 14.1. The fourth-order valence-electron chi connectivity index (χ4n) is 2.46. The summed E-state index contributed by atoms with van der Waals surface area (Å²) in [5, 5.41) is 0.618. The molecule has 5 heteroatoms. The minimum absolute atomic E-state index is 0.366. The molecule has 2 aromatic heterocycles. The molecule has 0 atom stereocenters. The molecule has 0 radical (unpaired) electrons. The summed E-state index contributed by atoms with van der Waals surface area (Å²) in [7, 11) is 0. The van der Waals surface area contributed by atoms with Crippen LogP contribution < -0.4 is 11.5 Å². The number of nitrogens with two attached hydrogens (primary N) is 2. The van der Waals surface area contributed by atoms with Crippen molar-refractivity contribution < 1.29 is 8.83 Å². The van der Waals surface area contributed by atoms with Gasteiger partial charge in [0.1, 0.15) is 23.0 Å². The van der Waals surface area contributed by atoms with E-state index in [9.17, 15) is 0 Å². The van der Waals surface area contributed by atoms with Crippen molar-refractivity contribution in [1.29, 1.82) is 0 Å². The summed E-state index contributed by atoms with van der Waals surface area (Å²) in [4.78, 5) is 0. The maximum Gasteiger partial charge on any atom is 0.134 e. The molecule has 4 N–H and O–H groups in total. The molecule has 0 aliphatic heterocycles. The summed E-state index contributed by atoms with van der Waals surface area (Å²) < 4.78 is 11.5. The van der Waals surface area contributed by atoms with Crippen molar-refractivity contribution in [1.82, 2.24) is 0 Å². The van der Waals surface area contributed by atoms with Gasteiger partial charge in [-0.25, -0.2) is 0 Å². The van der Waals surface area contributed by atoms with E-state index in [4.69, 9.17) is 31.9 Å². The van der Waals surface area contributed by atoms with Gasteiger partial charge in [-0.2, -0.15) is 0 Å². The monoisotopic (exact) mass is 316 g/mol. The van der Waals surface area contributed by atoms with Gasteiger partial charge in [0.25, 0.3) is 0 Å². The van der Waals surface area contributed by atoms with Crippen molar-refractivity contribution >= 4 is 11.6 Å². The molecule has 0 amide bonds. The van der Waals surface area contributed by atoms with E-state index < -0.39 is 0 Å². The molecule has 22 heavy (non-hydrogen) atoms. The van der Waals surface area contributed by atoms with Gasteiger partial charge in [0.05, 0.1) is 13.1 Å². The third-order valence-electron chi connectivity index (χ3n) is 3.63. The Bertz CT molecular complexity index is 741. The van der Waals surface area contributed by atoms with Crippen LogP contribution in [0.25, 0.3) is 22.6 Å². The zero-order valence-corrected chi connectivity index (χ0v) is 13.0. The molecule has 4 nitrogen and oxygen atoms in total. The third-order valence-corrected chi connectivity index (χ3v) is 3.85. The van der Waals surface area contributed by atoms with Crippen molar-refractivity contribution in [3.8, 4) is 22.6 Å². The number of hydrogen-bond acceptors (Lipinski definition) is 4. The summed E-state index contributed by atoms with van der Waals surface area (Å²) in [6, 6.07) is 11.3. The quantitative estimate of drug-likeness (QED) is 0.760. The lowest BCUT2D eigenvalue weighted by atomic mass is 9.99. The van der Waals surface area contributed by atoms with Crippen molar-refractivity contribution in [3.63, 3.8) is 0 Å². The van der Waals surface area contributed by atoms with Crippen LogP contribution >= 0.6 is 11.6 Å². The van der Waals surface area contributed by atoms with Crippen LogP contribution in [-0.4, -0.2) is 0 Å². The van der Waals surface area contributed by atoms with Gasteiger partial charge in [-0.15, -0.1) is 0 Å². The van der Waals surface area contributed by atoms with Crippen molar-refractivity contribution in [2.24, 2.45) is 11.5 Å². The number of furan rings is 2. The first-order valence-corrected chi connectivity index (χ1v) is 7.38. The van der Waals surface area contributed by atoms with Crippen LogP contribution in [0, 0.1) is 6.92 Å². The van der Waals surface area contributed by atoms with E-state index in [0.717, 1.165) is 39.7 Å². The van der Waals surface area contributed by atoms with Crippen LogP contribution in [0.15, 0.2) is 45.2 Å². The van der Waals surface area contributed by atoms with Gasteiger partial charge in [0.15, 0.2) is 0 Å². The Morgan fingerprint density at radius 2 is 1.32 bits per heavy atom. The first kappa shape index (κ1) is 14.9. The molecule has 0 aliphatic rings. The van der Waals surface area contributed by atoms with E-state index in [0.29, 0.717) is 18.1 Å². The molecule has 0 bridgehead atoms. The van der Waals surface area contributed by atoms with Crippen LogP contribution in [0.2, 0.25) is 5.02 Å². The van der Waals surface area contributed by atoms with E-state index in [1.165, 1.54) is 0 Å². The van der Waals surface area contributed by atoms with E-state index in [2.05, 4.69) is 0 Å². The highest BCUT2D eigenvalue weighted by atomic mass is 35.5. The maximum absolute atomic E-state index is 6.27. The lowest BCUT2D eigenvalue weighted by Gasteiger charge is -2.09. The zero-order valence-electron chi connectivity index (χ0n) is 12.2. The molecule has 3 aromatic rings. The van der Waals surface area contributed by atoms with Gasteiger partial charge in [0, 0.05) is 16.1 Å². The first-order valence-electron chi connectivity index (χ1n) is 7.01. The van der Waals surface area contributed by atoms with Gasteiger partial charge in [-0.05, 0) is 48.9 Å². The van der Waals surface area contributed by atoms with Crippen LogP contribution in [-0.2, 0) is 13.1 Å². The van der Waals surface area contributed by atoms with Crippen LogP contribution in [0.4, 0.5) is 0 Å². The molecule has 0 saturated carbocycles. The molecule has 2 heterocycles. The average Bonchev–Trinajstić information content (AvgIpc) is 3.17. The number of rotatable bonds is 4. The van der Waals surface area contributed by atoms with Gasteiger partial charge >= 0.3 is 0 Å². The molecule has 0 unspecified atom stereocenters. The second kappa shape index (κ2) is 6.01. The number of hydrogen-bond donors (Lipinski definition) is 2. The molecule has 0 spiro atoms. The van der Waals surface area contributed by atoms with Gasteiger partial charge in [-0.1, -0.05) is 11.6 Å². The van der Waals surface area contributed by atoms with Gasteiger partial charge < -0.3 is 20.3 Å². The standard InChI is InChI=1S/C17H17ClN2O2/c1-10-14(16-4-2-12(8-19)21-16)6-11(18)7-15(10)17-5-3-13(9-20)22-17/h2-7H,8-9,19-20H2,1H3. The number of benzene rings is 1. The Morgan fingerprint density at radius 1 is 0.864 bits per heavy atom. The highest BCUT2D eigenvalue weighted by Gasteiger charge is 2.15. The van der Waals surface area contributed by atoms with Crippen molar-refractivity contribution in [2.45, 2.75) is 20.0 Å². The molecular formula is C17H17ClN2O2. The fraction of sp³-hybridized carbons (Fsp3) is 0.176. The molecule has 0 saturated heterocycles. The topological polar surface area (TPSA) is 78.3 Å². The predicted molar refractivity (Wildman–Crippen MR) is 87.4 cm³/mol. The van der Waals surface area contributed by atoms with Gasteiger partial charge in [-0.3, -0.25) is 0 Å². The highest BCUT2D eigenvalue weighted by Crippen LogP contribution is 2.36. The Hall–Kier alpha value is -2.01. The normalized spacial score (nSPS) is 11.1. The third kappa shape index (κ3) is 2.68. The molecule has 0 fully saturated rings. The molecular weight excluding hydrogens is 300 g/mol. The Balaban J connectivity index is 2.12. The molecule has 1 aromatic carbocycles. The van der Waals surface area contributed by atoms with E-state index in [1.807, 2.05) is 43.3 Å². The summed E-state index contributed by atoms with van der Waals surface area (Å²) >= 11 is 6.27. The van der Waals surface area contributed by atoms with Gasteiger partial charge in [0.2, 0.25) is 0 Å². The summed E-state index contributed by atoms with van der Waals surface area (Å²) in [6.45, 7) is 2.74. The predicted octanol–water partition coefficient (Wildman–Crippen LogP) is 4.09. The second-order valence-corrected chi connectivity index (χ2v) is 5.50. The van der Waals surface area contributed by atoms with Crippen LogP contribution in [0.1, 0.15) is 17.1 Å². The summed E-state index contributed by atoms with van der Waals surface area (Å²) in [5.74, 6) is 2.96. The first-order chi connectivity index (χ1) is 10.6. The minimum atomic E-state index is 0.366. The smallest absolute Gasteiger partial charge is 0.134 e. The highest BCUT2D eigenvalue weighted by molar-refractivity contribution is 6.31. The maximum atomic E-state index is 6.27. The molecule has 0 aliphatic carbocycles. The van der Waals surface area contributed by atoms with E-state index in [1.54, 1.807) is 0 Å². The average molecular weight is 317 g/mol. The SMILES string of the molecule is Cc1c(-c2ccc(CN)o2)cc(Cl)cc1-c1ccc(CN)o1. The van der Waals surface area contributed by atoms with Crippen LogP contribution in [0.3, 0.4) is 0 Å². The summed E-state index contributed by atoms with van der Waals surface area (Å²) in [6.07, 6.45) is 0.